The number of hydrogen-bond donors (Lipinski definition) is 0. The van der Waals surface area contributed by atoms with Crippen LogP contribution in [-0.2, 0) is 24.2 Å². The smallest absolute Gasteiger partial charge is 0.246 e. The third kappa shape index (κ3) is 4.55. The lowest BCUT2D eigenvalue weighted by molar-refractivity contribution is -0.127. The molecule has 1 amide bonds. The molecule has 0 N–H and O–H groups in total. The van der Waals surface area contributed by atoms with Gasteiger partial charge < -0.3 is 14.1 Å². The van der Waals surface area contributed by atoms with Crippen molar-refractivity contribution in [3.8, 4) is 5.75 Å². The molecule has 0 bridgehead atoms. The minimum atomic E-state index is 0.0724. The second-order valence-electron chi connectivity index (χ2n) is 9.17. The number of fused-ring (bicyclic) bond motifs is 3. The number of nitrogens with zero attached hydrogens (tertiary/aromatic N) is 2. The monoisotopic (exact) mass is 444 g/mol. The number of carbonyl (C=O) groups is 1. The number of benzene rings is 2. The van der Waals surface area contributed by atoms with Crippen molar-refractivity contribution in [2.24, 2.45) is 0 Å². The SMILES string of the molecule is COc1cc2oc3c(c2cc1/C(C)=C/C(=O)N1CCN(Cc2ccccc2)CC1)CCCC3. The van der Waals surface area contributed by atoms with Crippen LogP contribution >= 0.6 is 0 Å². The first kappa shape index (κ1) is 21.8. The average Bonchev–Trinajstić information content (AvgIpc) is 3.21. The number of aryl methyl sites for hydroxylation is 2. The average molecular weight is 445 g/mol. The van der Waals surface area contributed by atoms with E-state index in [2.05, 4.69) is 35.2 Å². The van der Waals surface area contributed by atoms with Crippen molar-refractivity contribution in [2.45, 2.75) is 39.2 Å². The largest absolute Gasteiger partial charge is 0.496 e. The number of hydrogen-bond acceptors (Lipinski definition) is 4. The summed E-state index contributed by atoms with van der Waals surface area (Å²) >= 11 is 0. The summed E-state index contributed by atoms with van der Waals surface area (Å²) in [7, 11) is 1.68. The molecule has 1 aromatic heterocycles. The zero-order valence-corrected chi connectivity index (χ0v) is 19.6. The summed E-state index contributed by atoms with van der Waals surface area (Å²) in [5.41, 5.74) is 5.42. The number of furan rings is 1. The van der Waals surface area contributed by atoms with Gasteiger partial charge in [0.25, 0.3) is 0 Å². The fourth-order valence-electron chi connectivity index (χ4n) is 5.09. The van der Waals surface area contributed by atoms with E-state index in [1.807, 2.05) is 24.0 Å². The Hall–Kier alpha value is -3.05. The predicted molar refractivity (Wildman–Crippen MR) is 131 cm³/mol. The normalized spacial score (nSPS) is 17.3. The lowest BCUT2D eigenvalue weighted by atomic mass is 9.94. The number of amides is 1. The molecule has 3 aromatic rings. The van der Waals surface area contributed by atoms with Crippen LogP contribution in [0.15, 0.2) is 53.0 Å². The van der Waals surface area contributed by atoms with Gasteiger partial charge in [-0.15, -0.1) is 0 Å². The standard InChI is InChI=1S/C28H32N2O3/c1-20(16-28(31)30-14-12-29(13-15-30)19-21-8-4-3-5-9-21)23-17-24-22-10-6-7-11-25(22)33-27(24)18-26(23)32-2/h3-5,8-9,16-18H,6-7,10-15,19H2,1-2H3/b20-16+. The molecular weight excluding hydrogens is 412 g/mol. The van der Waals surface area contributed by atoms with Crippen molar-refractivity contribution < 1.29 is 13.9 Å². The molecule has 5 heteroatoms. The highest BCUT2D eigenvalue weighted by molar-refractivity contribution is 5.97. The molecule has 1 aliphatic heterocycles. The van der Waals surface area contributed by atoms with E-state index in [0.29, 0.717) is 0 Å². The van der Waals surface area contributed by atoms with E-state index in [1.165, 1.54) is 24.0 Å². The zero-order chi connectivity index (χ0) is 22.8. The molecule has 0 saturated carbocycles. The molecular formula is C28H32N2O3. The van der Waals surface area contributed by atoms with Crippen LogP contribution < -0.4 is 4.74 Å². The number of allylic oxidation sites excluding steroid dienone is 1. The van der Waals surface area contributed by atoms with Crippen molar-refractivity contribution >= 4 is 22.4 Å². The lowest BCUT2D eigenvalue weighted by Crippen LogP contribution is -2.47. The van der Waals surface area contributed by atoms with E-state index in [9.17, 15) is 4.79 Å². The lowest BCUT2D eigenvalue weighted by Gasteiger charge is -2.34. The van der Waals surface area contributed by atoms with Gasteiger partial charge in [-0.1, -0.05) is 30.3 Å². The van der Waals surface area contributed by atoms with E-state index in [-0.39, 0.29) is 5.91 Å². The Morgan fingerprint density at radius 3 is 2.58 bits per heavy atom. The molecule has 33 heavy (non-hydrogen) atoms. The summed E-state index contributed by atoms with van der Waals surface area (Å²) in [6.07, 6.45) is 6.22. The summed E-state index contributed by atoms with van der Waals surface area (Å²) in [4.78, 5) is 17.4. The highest BCUT2D eigenvalue weighted by atomic mass is 16.5. The van der Waals surface area contributed by atoms with Gasteiger partial charge >= 0.3 is 0 Å². The highest BCUT2D eigenvalue weighted by Crippen LogP contribution is 2.37. The minimum Gasteiger partial charge on any atom is -0.496 e. The molecule has 0 radical (unpaired) electrons. The molecule has 2 aliphatic rings. The van der Waals surface area contributed by atoms with E-state index in [1.54, 1.807) is 13.2 Å². The summed E-state index contributed by atoms with van der Waals surface area (Å²) < 4.78 is 11.8. The Balaban J connectivity index is 1.30. The van der Waals surface area contributed by atoms with Gasteiger partial charge in [0.15, 0.2) is 0 Å². The summed E-state index contributed by atoms with van der Waals surface area (Å²) in [6, 6.07) is 14.6. The van der Waals surface area contributed by atoms with Gasteiger partial charge in [0.2, 0.25) is 5.91 Å². The Morgan fingerprint density at radius 2 is 1.82 bits per heavy atom. The van der Waals surface area contributed by atoms with Crippen LogP contribution in [0.3, 0.4) is 0 Å². The van der Waals surface area contributed by atoms with Crippen molar-refractivity contribution in [1.29, 1.82) is 0 Å². The maximum absolute atomic E-state index is 13.1. The second-order valence-corrected chi connectivity index (χ2v) is 9.17. The number of methoxy groups -OCH3 is 1. The van der Waals surface area contributed by atoms with Gasteiger partial charge in [-0.25, -0.2) is 0 Å². The zero-order valence-electron chi connectivity index (χ0n) is 19.6. The number of piperazine rings is 1. The second kappa shape index (κ2) is 9.44. The van der Waals surface area contributed by atoms with E-state index < -0.39 is 0 Å². The molecule has 172 valence electrons. The van der Waals surface area contributed by atoms with Crippen LogP contribution in [0.2, 0.25) is 0 Å². The third-order valence-electron chi connectivity index (χ3n) is 6.97. The van der Waals surface area contributed by atoms with Crippen molar-refractivity contribution in [1.82, 2.24) is 9.80 Å². The number of ether oxygens (including phenoxy) is 1. The third-order valence-corrected chi connectivity index (χ3v) is 6.97. The first-order valence-corrected chi connectivity index (χ1v) is 12.0. The number of carbonyl (C=O) groups excluding carboxylic acids is 1. The highest BCUT2D eigenvalue weighted by Gasteiger charge is 2.22. The van der Waals surface area contributed by atoms with Crippen molar-refractivity contribution in [3.05, 3.63) is 71.0 Å². The van der Waals surface area contributed by atoms with Gasteiger partial charge in [-0.05, 0) is 43.4 Å². The van der Waals surface area contributed by atoms with Crippen LogP contribution in [0, 0.1) is 0 Å². The molecule has 0 unspecified atom stereocenters. The predicted octanol–water partition coefficient (Wildman–Crippen LogP) is 5.07. The van der Waals surface area contributed by atoms with Gasteiger partial charge in [-0.2, -0.15) is 0 Å². The molecule has 0 spiro atoms. The molecule has 5 rings (SSSR count). The minimum absolute atomic E-state index is 0.0724. The van der Waals surface area contributed by atoms with Crippen LogP contribution in [0.25, 0.3) is 16.5 Å². The topological polar surface area (TPSA) is 45.9 Å². The Bertz CT molecular complexity index is 1170. The van der Waals surface area contributed by atoms with Crippen LogP contribution in [0.4, 0.5) is 0 Å². The van der Waals surface area contributed by atoms with Gasteiger partial charge in [-0.3, -0.25) is 9.69 Å². The van der Waals surface area contributed by atoms with Crippen molar-refractivity contribution in [3.63, 3.8) is 0 Å². The fraction of sp³-hybridized carbons (Fsp3) is 0.393. The number of rotatable bonds is 5. The first-order valence-electron chi connectivity index (χ1n) is 12.0. The van der Waals surface area contributed by atoms with E-state index in [4.69, 9.17) is 9.15 Å². The Morgan fingerprint density at radius 1 is 1.06 bits per heavy atom. The maximum Gasteiger partial charge on any atom is 0.246 e. The molecule has 1 aliphatic carbocycles. The van der Waals surface area contributed by atoms with Gasteiger partial charge in [0, 0.05) is 67.8 Å². The van der Waals surface area contributed by atoms with Crippen LogP contribution in [-0.4, -0.2) is 49.0 Å². The Kier molecular flexibility index (Phi) is 6.23. The molecule has 2 aromatic carbocycles. The maximum atomic E-state index is 13.1. The molecule has 1 saturated heterocycles. The van der Waals surface area contributed by atoms with Gasteiger partial charge in [0.1, 0.15) is 17.1 Å². The summed E-state index contributed by atoms with van der Waals surface area (Å²) in [6.45, 7) is 6.22. The van der Waals surface area contributed by atoms with Crippen molar-refractivity contribution in [2.75, 3.05) is 33.3 Å². The van der Waals surface area contributed by atoms with E-state index in [0.717, 1.165) is 79.2 Å². The summed E-state index contributed by atoms with van der Waals surface area (Å²) in [5.74, 6) is 1.94. The molecule has 2 heterocycles. The van der Waals surface area contributed by atoms with E-state index >= 15 is 0 Å². The van der Waals surface area contributed by atoms with Crippen LogP contribution in [0.5, 0.6) is 5.75 Å². The van der Waals surface area contributed by atoms with Crippen LogP contribution in [0.1, 0.15) is 42.2 Å². The molecule has 1 fully saturated rings. The van der Waals surface area contributed by atoms with Gasteiger partial charge in [0.05, 0.1) is 7.11 Å². The molecule has 0 atom stereocenters. The summed E-state index contributed by atoms with van der Waals surface area (Å²) in [5, 5.41) is 1.16. The Labute approximate surface area is 195 Å². The quantitative estimate of drug-likeness (QED) is 0.516. The molecule has 5 nitrogen and oxygen atoms in total. The first-order chi connectivity index (χ1) is 16.1. The fourth-order valence-corrected chi connectivity index (χ4v) is 5.09.